The third kappa shape index (κ3) is 3.41. The Kier molecular flexibility index (Phi) is 4.82. The van der Waals surface area contributed by atoms with Crippen LogP contribution in [0.3, 0.4) is 0 Å². The Morgan fingerprint density at radius 2 is 1.88 bits per heavy atom. The molecule has 3 unspecified atom stereocenters. The maximum Gasteiger partial charge on any atom is 0.240 e. The number of rotatable bonds is 3. The molecule has 6 heteroatoms. The molecule has 142 valence electrons. The average Bonchev–Trinajstić information content (AvgIpc) is 3.05. The molecule has 0 saturated heterocycles. The van der Waals surface area contributed by atoms with E-state index in [-0.39, 0.29) is 11.9 Å². The Balaban J connectivity index is 1.48. The molecular weight excluding hydrogens is 348 g/mol. The molecular formula is C20H28N2O3S. The van der Waals surface area contributed by atoms with Gasteiger partial charge in [-0.05, 0) is 61.3 Å². The van der Waals surface area contributed by atoms with Gasteiger partial charge in [0, 0.05) is 25.2 Å². The summed E-state index contributed by atoms with van der Waals surface area (Å²) in [5, 5.41) is 0. The van der Waals surface area contributed by atoms with E-state index in [1.165, 1.54) is 25.7 Å². The van der Waals surface area contributed by atoms with Crippen molar-refractivity contribution in [1.29, 1.82) is 0 Å². The number of carbonyl (C=O) groups excluding carboxylic acids is 1. The number of sulfonamides is 1. The van der Waals surface area contributed by atoms with Crippen molar-refractivity contribution in [2.45, 2.75) is 69.2 Å². The second-order valence-corrected chi connectivity index (χ2v) is 9.86. The van der Waals surface area contributed by atoms with E-state index in [4.69, 9.17) is 0 Å². The summed E-state index contributed by atoms with van der Waals surface area (Å²) in [6.45, 7) is 2.18. The number of amides is 1. The number of hydrogen-bond donors (Lipinski definition) is 1. The molecule has 1 aromatic carbocycles. The summed E-state index contributed by atoms with van der Waals surface area (Å²) >= 11 is 0. The number of carbonyl (C=O) groups is 1. The summed E-state index contributed by atoms with van der Waals surface area (Å²) in [6, 6.07) is 5.21. The summed E-state index contributed by atoms with van der Waals surface area (Å²) in [6.07, 6.45) is 8.99. The van der Waals surface area contributed by atoms with Crippen molar-refractivity contribution < 1.29 is 13.2 Å². The highest BCUT2D eigenvalue weighted by atomic mass is 32.2. The highest BCUT2D eigenvalue weighted by Crippen LogP contribution is 2.40. The molecule has 2 saturated carbocycles. The van der Waals surface area contributed by atoms with Crippen molar-refractivity contribution in [2.75, 3.05) is 11.4 Å². The lowest BCUT2D eigenvalue weighted by Gasteiger charge is -2.39. The zero-order chi connectivity index (χ0) is 18.3. The van der Waals surface area contributed by atoms with E-state index in [0.29, 0.717) is 23.8 Å². The fraction of sp³-hybridized carbons (Fsp3) is 0.650. The second-order valence-electron chi connectivity index (χ2n) is 8.15. The van der Waals surface area contributed by atoms with Gasteiger partial charge in [0.15, 0.2) is 0 Å². The summed E-state index contributed by atoms with van der Waals surface area (Å²) in [5.74, 6) is 1.50. The van der Waals surface area contributed by atoms with Crippen molar-refractivity contribution in [2.24, 2.45) is 11.8 Å². The zero-order valence-corrected chi connectivity index (χ0v) is 16.2. The molecule has 0 spiro atoms. The van der Waals surface area contributed by atoms with Crippen LogP contribution >= 0.6 is 0 Å². The molecule has 0 aromatic heterocycles. The highest BCUT2D eigenvalue weighted by Gasteiger charge is 2.34. The smallest absolute Gasteiger partial charge is 0.240 e. The summed E-state index contributed by atoms with van der Waals surface area (Å²) in [7, 11) is -3.51. The van der Waals surface area contributed by atoms with Gasteiger partial charge in [-0.2, -0.15) is 0 Å². The van der Waals surface area contributed by atoms with E-state index in [1.54, 1.807) is 30.0 Å². The van der Waals surface area contributed by atoms with Crippen molar-refractivity contribution in [1.82, 2.24) is 4.72 Å². The predicted octanol–water partition coefficient (Wildman–Crippen LogP) is 3.23. The Labute approximate surface area is 156 Å². The molecule has 2 fully saturated rings. The summed E-state index contributed by atoms with van der Waals surface area (Å²) < 4.78 is 28.7. The lowest BCUT2D eigenvalue weighted by molar-refractivity contribution is -0.116. The van der Waals surface area contributed by atoms with Gasteiger partial charge in [-0.3, -0.25) is 4.79 Å². The minimum absolute atomic E-state index is 0.00160. The molecule has 1 amide bonds. The van der Waals surface area contributed by atoms with E-state index in [0.717, 1.165) is 36.4 Å². The van der Waals surface area contributed by atoms with Gasteiger partial charge in [-0.1, -0.05) is 25.7 Å². The lowest BCUT2D eigenvalue weighted by atomic mass is 9.70. The molecule has 3 atom stereocenters. The van der Waals surface area contributed by atoms with Gasteiger partial charge in [-0.15, -0.1) is 0 Å². The Bertz CT molecular complexity index is 805. The number of anilines is 1. The zero-order valence-electron chi connectivity index (χ0n) is 15.4. The largest absolute Gasteiger partial charge is 0.312 e. The molecule has 26 heavy (non-hydrogen) atoms. The molecule has 0 bridgehead atoms. The van der Waals surface area contributed by atoms with Crippen molar-refractivity contribution >= 4 is 21.6 Å². The molecule has 1 heterocycles. The van der Waals surface area contributed by atoms with Crippen LogP contribution in [0.25, 0.3) is 0 Å². The van der Waals surface area contributed by atoms with Gasteiger partial charge < -0.3 is 4.90 Å². The number of fused-ring (bicyclic) bond motifs is 2. The molecule has 4 rings (SSSR count). The van der Waals surface area contributed by atoms with Gasteiger partial charge in [0.2, 0.25) is 15.9 Å². The van der Waals surface area contributed by atoms with E-state index in [1.807, 2.05) is 0 Å². The van der Waals surface area contributed by atoms with E-state index >= 15 is 0 Å². The third-order valence-electron chi connectivity index (χ3n) is 6.50. The predicted molar refractivity (Wildman–Crippen MR) is 102 cm³/mol. The summed E-state index contributed by atoms with van der Waals surface area (Å²) in [5.41, 5.74) is 1.79. The van der Waals surface area contributed by atoms with Crippen LogP contribution in [0, 0.1) is 11.8 Å². The Morgan fingerprint density at radius 3 is 2.65 bits per heavy atom. The monoisotopic (exact) mass is 376 g/mol. The first-order valence-corrected chi connectivity index (χ1v) is 11.4. The van der Waals surface area contributed by atoms with Crippen molar-refractivity contribution in [3.8, 4) is 0 Å². The SMILES string of the molecule is CC(=O)N1CCc2cc(S(=O)(=O)NC3CCC4CCCCC4C3)ccc21. The fourth-order valence-electron chi connectivity index (χ4n) is 5.14. The highest BCUT2D eigenvalue weighted by molar-refractivity contribution is 7.89. The average molecular weight is 377 g/mol. The second kappa shape index (κ2) is 6.97. The Morgan fingerprint density at radius 1 is 1.12 bits per heavy atom. The minimum atomic E-state index is -3.51. The number of hydrogen-bond acceptors (Lipinski definition) is 3. The standard InChI is InChI=1S/C20H28N2O3S/c1-14(23)22-11-10-17-13-19(8-9-20(17)22)26(24,25)21-18-7-6-15-4-2-3-5-16(15)12-18/h8-9,13,15-16,18,21H,2-7,10-12H2,1H3. The van der Waals surface area contributed by atoms with Gasteiger partial charge in [-0.25, -0.2) is 13.1 Å². The molecule has 1 N–H and O–H groups in total. The van der Waals surface area contributed by atoms with Gasteiger partial charge >= 0.3 is 0 Å². The van der Waals surface area contributed by atoms with Crippen LogP contribution in [0.1, 0.15) is 57.4 Å². The number of nitrogens with zero attached hydrogens (tertiary/aromatic N) is 1. The number of nitrogens with one attached hydrogen (secondary N) is 1. The van der Waals surface area contributed by atoms with Gasteiger partial charge in [0.05, 0.1) is 4.90 Å². The normalized spacial score (nSPS) is 28.5. The van der Waals surface area contributed by atoms with Crippen molar-refractivity contribution in [3.05, 3.63) is 23.8 Å². The topological polar surface area (TPSA) is 66.5 Å². The maximum atomic E-state index is 12.9. The maximum absolute atomic E-state index is 12.9. The molecule has 5 nitrogen and oxygen atoms in total. The molecule has 2 aliphatic carbocycles. The number of benzene rings is 1. The fourth-order valence-corrected chi connectivity index (χ4v) is 6.47. The first-order chi connectivity index (χ1) is 12.4. The Hall–Kier alpha value is -1.40. The van der Waals surface area contributed by atoms with E-state index in [9.17, 15) is 13.2 Å². The van der Waals surface area contributed by atoms with Gasteiger partial charge in [0.1, 0.15) is 0 Å². The quantitative estimate of drug-likeness (QED) is 0.881. The van der Waals surface area contributed by atoms with Gasteiger partial charge in [0.25, 0.3) is 0 Å². The van der Waals surface area contributed by atoms with E-state index < -0.39 is 10.0 Å². The van der Waals surface area contributed by atoms with Crippen LogP contribution in [-0.4, -0.2) is 26.9 Å². The third-order valence-corrected chi connectivity index (χ3v) is 8.02. The van der Waals surface area contributed by atoms with Crippen LogP contribution in [0.15, 0.2) is 23.1 Å². The molecule has 3 aliphatic rings. The molecule has 0 radical (unpaired) electrons. The minimum Gasteiger partial charge on any atom is -0.312 e. The van der Waals surface area contributed by atoms with Crippen molar-refractivity contribution in [3.63, 3.8) is 0 Å². The van der Waals surface area contributed by atoms with Crippen LogP contribution in [0.5, 0.6) is 0 Å². The van der Waals surface area contributed by atoms with Crippen LogP contribution in [0.2, 0.25) is 0 Å². The summed E-state index contributed by atoms with van der Waals surface area (Å²) in [4.78, 5) is 13.7. The van der Waals surface area contributed by atoms with Crippen LogP contribution in [0.4, 0.5) is 5.69 Å². The van der Waals surface area contributed by atoms with Crippen LogP contribution in [-0.2, 0) is 21.2 Å². The molecule has 1 aromatic rings. The van der Waals surface area contributed by atoms with Crippen LogP contribution < -0.4 is 9.62 Å². The first kappa shape index (κ1) is 18.0. The van der Waals surface area contributed by atoms with E-state index in [2.05, 4.69) is 4.72 Å². The molecule has 1 aliphatic heterocycles. The lowest BCUT2D eigenvalue weighted by Crippen LogP contribution is -2.41. The first-order valence-electron chi connectivity index (χ1n) is 9.87.